The Morgan fingerprint density at radius 3 is 2.00 bits per heavy atom. The van der Waals surface area contributed by atoms with Crippen molar-refractivity contribution in [3.8, 4) is 0 Å². The number of piperazine rings is 1. The molecule has 1 amide bonds. The number of piperidine rings is 1. The van der Waals surface area contributed by atoms with E-state index in [1.165, 1.54) is 51.4 Å². The van der Waals surface area contributed by atoms with Crippen LogP contribution in [0.4, 0.5) is 0 Å². The zero-order chi connectivity index (χ0) is 25.5. The largest absolute Gasteiger partial charge is 0.395 e. The van der Waals surface area contributed by atoms with E-state index in [0.717, 1.165) is 56.9 Å². The van der Waals surface area contributed by atoms with Crippen LogP contribution in [-0.2, 0) is 14.5 Å². The molecule has 3 heterocycles. The molecule has 0 radical (unpaired) electrons. The Balaban J connectivity index is 0.000000151. The fourth-order valence-electron chi connectivity index (χ4n) is 5.33. The van der Waals surface area contributed by atoms with Gasteiger partial charge in [0, 0.05) is 61.1 Å². The number of halogens is 1. The second kappa shape index (κ2) is 13.1. The second-order valence-electron chi connectivity index (χ2n) is 10.9. The van der Waals surface area contributed by atoms with Gasteiger partial charge in [-0.25, -0.2) is 8.51 Å². The van der Waals surface area contributed by atoms with E-state index in [2.05, 4.69) is 15.7 Å². The molecular formula is C28H44ClN3O3S. The van der Waals surface area contributed by atoms with Gasteiger partial charge in [-0.1, -0.05) is 37.3 Å². The van der Waals surface area contributed by atoms with Crippen molar-refractivity contribution >= 4 is 33.1 Å². The van der Waals surface area contributed by atoms with Gasteiger partial charge in [-0.3, -0.25) is 9.69 Å². The predicted molar refractivity (Wildman–Crippen MR) is 149 cm³/mol. The first-order valence-corrected chi connectivity index (χ1v) is 16.0. The summed E-state index contributed by atoms with van der Waals surface area (Å²) >= 11 is 5.82. The van der Waals surface area contributed by atoms with Crippen molar-refractivity contribution in [1.29, 1.82) is 0 Å². The molecule has 3 saturated heterocycles. The normalized spacial score (nSPS) is 27.2. The Hall–Kier alpha value is -1.12. The van der Waals surface area contributed by atoms with E-state index in [0.29, 0.717) is 28.9 Å². The highest BCUT2D eigenvalue weighted by atomic mass is 35.5. The van der Waals surface area contributed by atoms with Gasteiger partial charge in [0.15, 0.2) is 0 Å². The lowest BCUT2D eigenvalue weighted by Gasteiger charge is -2.40. The number of hydrogen-bond acceptors (Lipinski definition) is 4. The quantitative estimate of drug-likeness (QED) is 0.545. The minimum atomic E-state index is -2.30. The molecule has 3 unspecified atom stereocenters. The number of fused-ring (bicyclic) bond motifs is 2. The van der Waals surface area contributed by atoms with Crippen LogP contribution < -0.4 is 0 Å². The molecule has 5 aliphatic rings. The van der Waals surface area contributed by atoms with E-state index in [4.69, 9.17) is 16.7 Å². The Kier molecular flexibility index (Phi) is 10.2. The van der Waals surface area contributed by atoms with E-state index in [-0.39, 0.29) is 6.61 Å². The van der Waals surface area contributed by atoms with Gasteiger partial charge in [0.05, 0.1) is 16.3 Å². The Bertz CT molecular complexity index is 927. The van der Waals surface area contributed by atoms with Crippen LogP contribution in [0.15, 0.2) is 29.2 Å². The first-order chi connectivity index (χ1) is 17.4. The van der Waals surface area contributed by atoms with Crippen LogP contribution in [0.25, 0.3) is 0 Å². The molecule has 0 aromatic heterocycles. The van der Waals surface area contributed by atoms with E-state index < -0.39 is 9.71 Å². The summed E-state index contributed by atoms with van der Waals surface area (Å²) in [6.07, 6.45) is 13.6. The van der Waals surface area contributed by atoms with E-state index >= 15 is 0 Å². The van der Waals surface area contributed by atoms with E-state index in [1.807, 2.05) is 16.4 Å². The molecule has 3 atom stereocenters. The van der Waals surface area contributed by atoms with Gasteiger partial charge in [0.25, 0.3) is 0 Å². The third-order valence-electron chi connectivity index (χ3n) is 7.77. The molecule has 6 rings (SSSR count). The van der Waals surface area contributed by atoms with Crippen LogP contribution in [0.5, 0.6) is 0 Å². The maximum Gasteiger partial charge on any atom is 0.222 e. The highest BCUT2D eigenvalue weighted by molar-refractivity contribution is 7.98. The van der Waals surface area contributed by atoms with Crippen molar-refractivity contribution in [3.05, 3.63) is 29.3 Å². The van der Waals surface area contributed by atoms with Gasteiger partial charge in [0.1, 0.15) is 0 Å². The van der Waals surface area contributed by atoms with Gasteiger partial charge in [-0.15, -0.1) is 0 Å². The summed E-state index contributed by atoms with van der Waals surface area (Å²) in [4.78, 5) is 17.3. The first kappa shape index (κ1) is 27.9. The number of hydrogen-bond donors (Lipinski definition) is 1. The lowest BCUT2D eigenvalue weighted by Crippen LogP contribution is -2.55. The van der Waals surface area contributed by atoms with Crippen molar-refractivity contribution in [2.24, 2.45) is 5.92 Å². The van der Waals surface area contributed by atoms with Crippen LogP contribution >= 0.6 is 11.6 Å². The molecule has 36 heavy (non-hydrogen) atoms. The topological polar surface area (TPSA) is 64.1 Å². The summed E-state index contributed by atoms with van der Waals surface area (Å²) in [7, 11) is -2.30. The van der Waals surface area contributed by atoms with E-state index in [9.17, 15) is 9.00 Å². The van der Waals surface area contributed by atoms with Crippen LogP contribution in [0.3, 0.4) is 0 Å². The van der Waals surface area contributed by atoms with Gasteiger partial charge >= 0.3 is 0 Å². The number of aliphatic hydroxyl groups is 1. The number of rotatable bonds is 6. The number of carbonyl (C=O) groups excluding carboxylic acids is 1. The Morgan fingerprint density at radius 2 is 1.50 bits per heavy atom. The van der Waals surface area contributed by atoms with Gasteiger partial charge in [-0.2, -0.15) is 0 Å². The summed E-state index contributed by atoms with van der Waals surface area (Å²) in [5.41, 5.74) is 0. The van der Waals surface area contributed by atoms with Crippen LogP contribution in [0, 0.1) is 5.92 Å². The summed E-state index contributed by atoms with van der Waals surface area (Å²) in [6, 6.07) is 8.17. The number of benzene rings is 1. The van der Waals surface area contributed by atoms with Gasteiger partial charge < -0.3 is 10.0 Å². The number of likely N-dealkylation sites (tertiary alicyclic amines) is 1. The Labute approximate surface area is 223 Å². The van der Waals surface area contributed by atoms with Crippen molar-refractivity contribution in [2.45, 2.75) is 87.6 Å². The van der Waals surface area contributed by atoms with E-state index in [1.54, 1.807) is 12.1 Å². The molecular weight excluding hydrogens is 494 g/mol. The van der Waals surface area contributed by atoms with Crippen molar-refractivity contribution in [3.63, 3.8) is 0 Å². The number of nitrogens with zero attached hydrogens (tertiary/aromatic N) is 3. The summed E-state index contributed by atoms with van der Waals surface area (Å²) < 4.78 is 14.6. The van der Waals surface area contributed by atoms with Crippen LogP contribution in [-0.4, -0.2) is 86.6 Å². The fourth-order valence-corrected chi connectivity index (χ4v) is 7.16. The minimum Gasteiger partial charge on any atom is -0.395 e. The molecule has 1 N–H and O–H groups in total. The second-order valence-corrected chi connectivity index (χ2v) is 13.6. The molecule has 2 aliphatic carbocycles. The molecule has 8 heteroatoms. The molecule has 5 fully saturated rings. The third kappa shape index (κ3) is 7.94. The number of amides is 1. The fraction of sp³-hybridized carbons (Fsp3) is 0.714. The highest BCUT2D eigenvalue weighted by Gasteiger charge is 2.41. The zero-order valence-electron chi connectivity index (χ0n) is 21.7. The summed E-state index contributed by atoms with van der Waals surface area (Å²) in [5, 5.41) is 9.73. The first-order valence-electron chi connectivity index (χ1n) is 13.9. The van der Waals surface area contributed by atoms with Crippen molar-refractivity contribution in [2.75, 3.05) is 39.3 Å². The molecule has 202 valence electrons. The predicted octanol–water partition coefficient (Wildman–Crippen LogP) is 4.44. The molecule has 1 aromatic rings. The molecule has 1 aromatic carbocycles. The molecule has 2 saturated carbocycles. The molecule has 3 aliphatic heterocycles. The maximum atomic E-state index is 12.6. The van der Waals surface area contributed by atoms with Gasteiger partial charge in [0.2, 0.25) is 5.91 Å². The Morgan fingerprint density at radius 1 is 0.944 bits per heavy atom. The lowest BCUT2D eigenvalue weighted by molar-refractivity contribution is -0.135. The number of carbonyl (C=O) groups is 1. The monoisotopic (exact) mass is 537 g/mol. The smallest absolute Gasteiger partial charge is 0.222 e. The minimum absolute atomic E-state index is 0.239. The maximum absolute atomic E-state index is 12.6. The highest BCUT2D eigenvalue weighted by Crippen LogP contribution is 2.35. The summed E-state index contributed by atoms with van der Waals surface area (Å²) in [6.45, 7) is 4.56. The SMILES string of the molecule is C1CC1.C=S(=O)(c1ccc(Cl)cc1)N1CCCCC1.O=C(CC1CC1)N1CC2CCC(C1)N2CCO. The summed E-state index contributed by atoms with van der Waals surface area (Å²) in [5.74, 6) is 4.96. The third-order valence-corrected chi connectivity index (χ3v) is 10.2. The van der Waals surface area contributed by atoms with Crippen molar-refractivity contribution < 1.29 is 14.1 Å². The van der Waals surface area contributed by atoms with Crippen LogP contribution in [0.2, 0.25) is 5.02 Å². The van der Waals surface area contributed by atoms with Crippen LogP contribution in [0.1, 0.15) is 70.6 Å². The molecule has 6 nitrogen and oxygen atoms in total. The average molecular weight is 538 g/mol. The average Bonchev–Trinajstić information content (AvgIpc) is 3.79. The standard InChI is InChI=1S/C13H22N2O2.C12H16ClNOS.C3H6/c16-6-5-15-11-3-4-12(15)9-14(8-11)13(17)7-10-1-2-10;1-16(15,14-9-3-2-4-10-14)12-7-5-11(13)6-8-12;1-2-3-1/h10-12,16H,1-9H2;5-8H,1-4,9-10H2;1-3H2. The molecule has 2 bridgehead atoms. The zero-order valence-corrected chi connectivity index (χ0v) is 23.2. The lowest BCUT2D eigenvalue weighted by atomic mass is 10.1. The van der Waals surface area contributed by atoms with Gasteiger partial charge in [-0.05, 0) is 74.6 Å². The number of aliphatic hydroxyl groups excluding tert-OH is 1. The van der Waals surface area contributed by atoms with Crippen molar-refractivity contribution in [1.82, 2.24) is 14.1 Å². The molecule has 0 spiro atoms.